The third-order valence-electron chi connectivity index (χ3n) is 3.43. The second-order valence-electron chi connectivity index (χ2n) is 4.71. The molecule has 1 heterocycles. The topological polar surface area (TPSA) is 37.8 Å². The average Bonchev–Trinajstić information content (AvgIpc) is 2.75. The zero-order chi connectivity index (χ0) is 13.2. The number of nitrogens with zero attached hydrogens (tertiary/aromatic N) is 1. The summed E-state index contributed by atoms with van der Waals surface area (Å²) >= 11 is 0. The van der Waals surface area contributed by atoms with Crippen molar-refractivity contribution in [3.05, 3.63) is 70.1 Å². The minimum atomic E-state index is -0.0490. The summed E-state index contributed by atoms with van der Waals surface area (Å²) in [6, 6.07) is 16.2. The van der Waals surface area contributed by atoms with Crippen LogP contribution in [-0.4, -0.2) is 9.55 Å². The normalized spacial score (nSPS) is 11.0. The minimum absolute atomic E-state index is 0.0490. The Hall–Kier alpha value is -2.29. The number of aromatic nitrogens is 2. The molecule has 0 unspecified atom stereocenters. The molecule has 3 nitrogen and oxygen atoms in total. The number of hydrogen-bond donors (Lipinski definition) is 1. The summed E-state index contributed by atoms with van der Waals surface area (Å²) in [4.78, 5) is 15.0. The van der Waals surface area contributed by atoms with Crippen molar-refractivity contribution in [2.75, 3.05) is 0 Å². The van der Waals surface area contributed by atoms with E-state index in [4.69, 9.17) is 0 Å². The van der Waals surface area contributed by atoms with Gasteiger partial charge in [0.15, 0.2) is 0 Å². The van der Waals surface area contributed by atoms with Gasteiger partial charge < -0.3 is 4.98 Å². The summed E-state index contributed by atoms with van der Waals surface area (Å²) in [5.74, 6) is 0. The first-order valence-corrected chi connectivity index (χ1v) is 6.53. The largest absolute Gasteiger partial charge is 0.326 e. The smallest absolute Gasteiger partial charge is 0.306 e. The number of fused-ring (bicyclic) bond motifs is 1. The second kappa shape index (κ2) is 4.76. The Bertz CT molecular complexity index is 753. The van der Waals surface area contributed by atoms with Crippen LogP contribution in [0.4, 0.5) is 0 Å². The number of benzene rings is 2. The SMILES string of the molecule is CCc1ccc2c(c1)[nH]c(=O)n2Cc1ccccc1. The van der Waals surface area contributed by atoms with Gasteiger partial charge in [0.2, 0.25) is 0 Å². The summed E-state index contributed by atoms with van der Waals surface area (Å²) in [6.07, 6.45) is 0.974. The van der Waals surface area contributed by atoms with Gasteiger partial charge in [0.1, 0.15) is 0 Å². The standard InChI is InChI=1S/C16H16N2O/c1-2-12-8-9-15-14(10-12)17-16(19)18(15)11-13-6-4-3-5-7-13/h3-10H,2,11H2,1H3,(H,17,19). The zero-order valence-electron chi connectivity index (χ0n) is 10.9. The molecule has 3 rings (SSSR count). The van der Waals surface area contributed by atoms with E-state index < -0.39 is 0 Å². The van der Waals surface area contributed by atoms with Crippen LogP contribution < -0.4 is 5.69 Å². The Morgan fingerprint density at radius 1 is 1.05 bits per heavy atom. The molecule has 2 aromatic carbocycles. The van der Waals surface area contributed by atoms with E-state index in [9.17, 15) is 4.79 Å². The maximum atomic E-state index is 12.1. The van der Waals surface area contributed by atoms with Crippen LogP contribution in [0.3, 0.4) is 0 Å². The fourth-order valence-corrected chi connectivity index (χ4v) is 2.35. The summed E-state index contributed by atoms with van der Waals surface area (Å²) in [6.45, 7) is 2.71. The van der Waals surface area contributed by atoms with Crippen molar-refractivity contribution >= 4 is 11.0 Å². The molecule has 0 saturated heterocycles. The monoisotopic (exact) mass is 252 g/mol. The number of hydrogen-bond acceptors (Lipinski definition) is 1. The van der Waals surface area contributed by atoms with Gasteiger partial charge in [-0.2, -0.15) is 0 Å². The van der Waals surface area contributed by atoms with Gasteiger partial charge in [-0.15, -0.1) is 0 Å². The van der Waals surface area contributed by atoms with Gasteiger partial charge in [-0.1, -0.05) is 43.3 Å². The highest BCUT2D eigenvalue weighted by molar-refractivity contribution is 5.76. The average molecular weight is 252 g/mol. The molecular weight excluding hydrogens is 236 g/mol. The third kappa shape index (κ3) is 2.19. The molecule has 0 saturated carbocycles. The number of H-pyrrole nitrogens is 1. The molecule has 0 aliphatic rings. The lowest BCUT2D eigenvalue weighted by molar-refractivity contribution is 0.787. The molecule has 1 N–H and O–H groups in total. The highest BCUT2D eigenvalue weighted by atomic mass is 16.1. The van der Waals surface area contributed by atoms with Gasteiger partial charge >= 0.3 is 5.69 Å². The van der Waals surface area contributed by atoms with Crippen LogP contribution in [0.2, 0.25) is 0 Å². The molecule has 3 heteroatoms. The Morgan fingerprint density at radius 3 is 2.58 bits per heavy atom. The number of nitrogens with one attached hydrogen (secondary N) is 1. The highest BCUT2D eigenvalue weighted by Crippen LogP contribution is 2.14. The van der Waals surface area contributed by atoms with Crippen LogP contribution in [0, 0.1) is 0 Å². The summed E-state index contributed by atoms with van der Waals surface area (Å²) in [5.41, 5.74) is 4.20. The molecule has 96 valence electrons. The van der Waals surface area contributed by atoms with Crippen LogP contribution in [0.1, 0.15) is 18.1 Å². The van der Waals surface area contributed by atoms with Crippen molar-refractivity contribution in [2.24, 2.45) is 0 Å². The molecule has 0 aliphatic carbocycles. The van der Waals surface area contributed by atoms with Gasteiger partial charge in [0.05, 0.1) is 17.6 Å². The number of aromatic amines is 1. The molecular formula is C16H16N2O. The van der Waals surface area contributed by atoms with E-state index in [1.165, 1.54) is 5.56 Å². The third-order valence-corrected chi connectivity index (χ3v) is 3.43. The first kappa shape index (κ1) is 11.8. The highest BCUT2D eigenvalue weighted by Gasteiger charge is 2.07. The molecule has 1 aromatic heterocycles. The Morgan fingerprint density at radius 2 is 1.84 bits per heavy atom. The summed E-state index contributed by atoms with van der Waals surface area (Å²) < 4.78 is 1.78. The molecule has 0 aliphatic heterocycles. The number of imidazole rings is 1. The maximum Gasteiger partial charge on any atom is 0.326 e. The van der Waals surface area contributed by atoms with E-state index >= 15 is 0 Å². The predicted molar refractivity (Wildman–Crippen MR) is 77.5 cm³/mol. The zero-order valence-corrected chi connectivity index (χ0v) is 10.9. The molecule has 19 heavy (non-hydrogen) atoms. The van der Waals surface area contributed by atoms with Crippen molar-refractivity contribution in [3.63, 3.8) is 0 Å². The van der Waals surface area contributed by atoms with E-state index in [0.29, 0.717) is 6.54 Å². The first-order valence-electron chi connectivity index (χ1n) is 6.53. The quantitative estimate of drug-likeness (QED) is 0.764. The van der Waals surface area contributed by atoms with Gasteiger partial charge in [-0.3, -0.25) is 4.57 Å². The lowest BCUT2D eigenvalue weighted by Crippen LogP contribution is -2.17. The Balaban J connectivity index is 2.09. The molecule has 0 bridgehead atoms. The van der Waals surface area contributed by atoms with Crippen molar-refractivity contribution in [3.8, 4) is 0 Å². The first-order chi connectivity index (χ1) is 9.28. The fourth-order valence-electron chi connectivity index (χ4n) is 2.35. The van der Waals surface area contributed by atoms with E-state index in [1.807, 2.05) is 36.4 Å². The predicted octanol–water partition coefficient (Wildman–Crippen LogP) is 2.94. The van der Waals surface area contributed by atoms with E-state index in [2.05, 4.69) is 24.0 Å². The summed E-state index contributed by atoms with van der Waals surface area (Å²) in [5, 5.41) is 0. The minimum Gasteiger partial charge on any atom is -0.306 e. The fraction of sp³-hybridized carbons (Fsp3) is 0.188. The van der Waals surface area contributed by atoms with Gasteiger partial charge in [-0.25, -0.2) is 4.79 Å². The number of rotatable bonds is 3. The number of aryl methyl sites for hydroxylation is 1. The molecule has 0 atom stereocenters. The Kier molecular flexibility index (Phi) is 2.95. The van der Waals surface area contributed by atoms with Crippen LogP contribution in [0.15, 0.2) is 53.3 Å². The lowest BCUT2D eigenvalue weighted by atomic mass is 10.1. The molecule has 0 radical (unpaired) electrons. The molecule has 0 spiro atoms. The van der Waals surface area contributed by atoms with Crippen molar-refractivity contribution in [1.82, 2.24) is 9.55 Å². The maximum absolute atomic E-state index is 12.1. The summed E-state index contributed by atoms with van der Waals surface area (Å²) in [7, 11) is 0. The van der Waals surface area contributed by atoms with E-state index in [-0.39, 0.29) is 5.69 Å². The van der Waals surface area contributed by atoms with Crippen molar-refractivity contribution in [2.45, 2.75) is 19.9 Å². The van der Waals surface area contributed by atoms with Gasteiger partial charge in [-0.05, 0) is 29.7 Å². The lowest BCUT2D eigenvalue weighted by Gasteiger charge is -2.04. The van der Waals surface area contributed by atoms with E-state index in [1.54, 1.807) is 4.57 Å². The molecule has 0 fully saturated rings. The van der Waals surface area contributed by atoms with Crippen molar-refractivity contribution in [1.29, 1.82) is 0 Å². The van der Waals surface area contributed by atoms with Gasteiger partial charge in [0, 0.05) is 0 Å². The van der Waals surface area contributed by atoms with Crippen LogP contribution in [0.5, 0.6) is 0 Å². The van der Waals surface area contributed by atoms with Crippen LogP contribution in [0.25, 0.3) is 11.0 Å². The van der Waals surface area contributed by atoms with Crippen LogP contribution in [-0.2, 0) is 13.0 Å². The Labute approximate surface area is 111 Å². The second-order valence-corrected chi connectivity index (χ2v) is 4.71. The molecule has 3 aromatic rings. The van der Waals surface area contributed by atoms with Crippen molar-refractivity contribution < 1.29 is 0 Å². The van der Waals surface area contributed by atoms with E-state index in [0.717, 1.165) is 23.0 Å². The molecule has 0 amide bonds. The van der Waals surface area contributed by atoms with Gasteiger partial charge in [0.25, 0.3) is 0 Å². The van der Waals surface area contributed by atoms with Crippen LogP contribution >= 0.6 is 0 Å².